The van der Waals surface area contributed by atoms with E-state index < -0.39 is 0 Å². The SMILES string of the molecule is CC1CCC(NC(=O)c2nn(-c3ccccc3)c3c2CCC3)CC1. The van der Waals surface area contributed by atoms with Crippen molar-refractivity contribution in [2.45, 2.75) is 57.9 Å². The predicted molar refractivity (Wildman–Crippen MR) is 94.5 cm³/mol. The van der Waals surface area contributed by atoms with E-state index >= 15 is 0 Å². The van der Waals surface area contributed by atoms with Crippen LogP contribution >= 0.6 is 0 Å². The number of hydrogen-bond acceptors (Lipinski definition) is 2. The Bertz CT molecular complexity index is 727. The summed E-state index contributed by atoms with van der Waals surface area (Å²) in [5.74, 6) is 0.807. The molecule has 1 heterocycles. The highest BCUT2D eigenvalue weighted by atomic mass is 16.2. The summed E-state index contributed by atoms with van der Waals surface area (Å²) in [5.41, 5.74) is 4.05. The fourth-order valence-electron chi connectivity index (χ4n) is 4.06. The Balaban J connectivity index is 1.58. The number of rotatable bonds is 3. The van der Waals surface area contributed by atoms with Crippen molar-refractivity contribution in [2.75, 3.05) is 0 Å². The standard InChI is InChI=1S/C20H25N3O/c1-14-10-12-15(13-11-14)21-20(24)19-17-8-5-9-18(17)23(22-19)16-6-3-2-4-7-16/h2-4,6-7,14-15H,5,8-13H2,1H3,(H,21,24). The minimum absolute atomic E-state index is 0.0161. The van der Waals surface area contributed by atoms with Gasteiger partial charge in [0.05, 0.1) is 5.69 Å². The van der Waals surface area contributed by atoms with Gasteiger partial charge in [-0.1, -0.05) is 25.1 Å². The summed E-state index contributed by atoms with van der Waals surface area (Å²) in [7, 11) is 0. The Morgan fingerprint density at radius 2 is 1.88 bits per heavy atom. The molecule has 4 rings (SSSR count). The molecule has 0 bridgehead atoms. The minimum atomic E-state index is 0.0161. The number of carbonyl (C=O) groups is 1. The molecule has 2 aliphatic rings. The summed E-state index contributed by atoms with van der Waals surface area (Å²) >= 11 is 0. The van der Waals surface area contributed by atoms with Crippen molar-refractivity contribution in [2.24, 2.45) is 5.92 Å². The van der Waals surface area contributed by atoms with E-state index in [2.05, 4.69) is 29.5 Å². The fraction of sp³-hybridized carbons (Fsp3) is 0.500. The van der Waals surface area contributed by atoms with Crippen LogP contribution in [0.4, 0.5) is 0 Å². The fourth-order valence-corrected chi connectivity index (χ4v) is 4.06. The molecule has 1 saturated carbocycles. The lowest BCUT2D eigenvalue weighted by Gasteiger charge is -2.26. The first kappa shape index (κ1) is 15.4. The van der Waals surface area contributed by atoms with Crippen molar-refractivity contribution in [1.82, 2.24) is 15.1 Å². The van der Waals surface area contributed by atoms with E-state index in [9.17, 15) is 4.79 Å². The maximum absolute atomic E-state index is 12.8. The third kappa shape index (κ3) is 2.85. The van der Waals surface area contributed by atoms with E-state index in [1.807, 2.05) is 22.9 Å². The topological polar surface area (TPSA) is 46.9 Å². The van der Waals surface area contributed by atoms with Gasteiger partial charge in [0.25, 0.3) is 5.91 Å². The van der Waals surface area contributed by atoms with Gasteiger partial charge in [-0.3, -0.25) is 4.79 Å². The highest BCUT2D eigenvalue weighted by molar-refractivity contribution is 5.94. The number of fused-ring (bicyclic) bond motifs is 1. The van der Waals surface area contributed by atoms with E-state index in [1.54, 1.807) is 0 Å². The summed E-state index contributed by atoms with van der Waals surface area (Å²) in [4.78, 5) is 12.8. The smallest absolute Gasteiger partial charge is 0.272 e. The zero-order valence-electron chi connectivity index (χ0n) is 14.3. The molecule has 0 atom stereocenters. The summed E-state index contributed by atoms with van der Waals surface area (Å²) < 4.78 is 1.97. The van der Waals surface area contributed by atoms with Gasteiger partial charge in [-0.2, -0.15) is 5.10 Å². The number of nitrogens with zero attached hydrogens (tertiary/aromatic N) is 2. The van der Waals surface area contributed by atoms with Gasteiger partial charge >= 0.3 is 0 Å². The number of hydrogen-bond donors (Lipinski definition) is 1. The number of nitrogens with one attached hydrogen (secondary N) is 1. The molecule has 24 heavy (non-hydrogen) atoms. The minimum Gasteiger partial charge on any atom is -0.348 e. The second kappa shape index (κ2) is 6.42. The Morgan fingerprint density at radius 3 is 2.62 bits per heavy atom. The third-order valence-corrected chi connectivity index (χ3v) is 5.50. The van der Waals surface area contributed by atoms with Crippen molar-refractivity contribution in [1.29, 1.82) is 0 Å². The lowest BCUT2D eigenvalue weighted by atomic mass is 9.87. The van der Waals surface area contributed by atoms with Crippen LogP contribution in [0.15, 0.2) is 30.3 Å². The number of carbonyl (C=O) groups excluding carboxylic acids is 1. The molecular formula is C20H25N3O. The molecule has 1 amide bonds. The largest absolute Gasteiger partial charge is 0.348 e. The van der Waals surface area contributed by atoms with Crippen LogP contribution in [0.5, 0.6) is 0 Å². The molecule has 0 spiro atoms. The van der Waals surface area contributed by atoms with Crippen LogP contribution in [0.25, 0.3) is 5.69 Å². The van der Waals surface area contributed by atoms with E-state index in [1.165, 1.54) is 18.5 Å². The normalized spacial score (nSPS) is 23.0. The van der Waals surface area contributed by atoms with Crippen LogP contribution in [0.3, 0.4) is 0 Å². The molecule has 0 radical (unpaired) electrons. The second-order valence-electron chi connectivity index (χ2n) is 7.31. The summed E-state index contributed by atoms with van der Waals surface area (Å²) in [6.45, 7) is 2.30. The van der Waals surface area contributed by atoms with Gasteiger partial charge in [0.15, 0.2) is 5.69 Å². The molecule has 4 heteroatoms. The lowest BCUT2D eigenvalue weighted by molar-refractivity contribution is 0.0916. The molecule has 0 unspecified atom stereocenters. The summed E-state index contributed by atoms with van der Waals surface area (Å²) in [6, 6.07) is 10.5. The van der Waals surface area contributed by atoms with Crippen molar-refractivity contribution in [3.05, 3.63) is 47.3 Å². The molecule has 1 N–H and O–H groups in total. The van der Waals surface area contributed by atoms with Gasteiger partial charge in [0, 0.05) is 17.3 Å². The van der Waals surface area contributed by atoms with Crippen LogP contribution in [0, 0.1) is 5.92 Å². The number of benzene rings is 1. The summed E-state index contributed by atoms with van der Waals surface area (Å²) in [6.07, 6.45) is 7.69. The predicted octanol–water partition coefficient (Wildman–Crippen LogP) is 3.67. The van der Waals surface area contributed by atoms with Gasteiger partial charge in [-0.25, -0.2) is 4.68 Å². The highest BCUT2D eigenvalue weighted by Crippen LogP contribution is 2.28. The molecule has 0 saturated heterocycles. The van der Waals surface area contributed by atoms with E-state index in [-0.39, 0.29) is 5.91 Å². The third-order valence-electron chi connectivity index (χ3n) is 5.50. The molecule has 4 nitrogen and oxygen atoms in total. The first-order valence-corrected chi connectivity index (χ1v) is 9.19. The van der Waals surface area contributed by atoms with E-state index in [0.29, 0.717) is 11.7 Å². The van der Waals surface area contributed by atoms with E-state index in [4.69, 9.17) is 0 Å². The Morgan fingerprint density at radius 1 is 1.12 bits per heavy atom. The first-order valence-electron chi connectivity index (χ1n) is 9.19. The van der Waals surface area contributed by atoms with Gasteiger partial charge in [-0.05, 0) is 63.0 Å². The molecule has 2 aliphatic carbocycles. The Kier molecular flexibility index (Phi) is 4.13. The number of amides is 1. The van der Waals surface area contributed by atoms with Crippen LogP contribution in [0.2, 0.25) is 0 Å². The number of para-hydroxylation sites is 1. The van der Waals surface area contributed by atoms with Crippen LogP contribution in [0.1, 0.15) is 60.8 Å². The molecule has 126 valence electrons. The maximum Gasteiger partial charge on any atom is 0.272 e. The molecule has 1 fully saturated rings. The van der Waals surface area contributed by atoms with Crippen LogP contribution in [-0.2, 0) is 12.8 Å². The van der Waals surface area contributed by atoms with Crippen molar-refractivity contribution < 1.29 is 4.79 Å². The Labute approximate surface area is 143 Å². The zero-order chi connectivity index (χ0) is 16.5. The average Bonchev–Trinajstić information content (AvgIpc) is 3.20. The highest BCUT2D eigenvalue weighted by Gasteiger charge is 2.28. The molecule has 1 aromatic heterocycles. The van der Waals surface area contributed by atoms with E-state index in [0.717, 1.165) is 49.3 Å². The molecule has 1 aromatic carbocycles. The van der Waals surface area contributed by atoms with Gasteiger partial charge in [0.2, 0.25) is 0 Å². The quantitative estimate of drug-likeness (QED) is 0.937. The zero-order valence-corrected chi connectivity index (χ0v) is 14.3. The molecule has 0 aliphatic heterocycles. The van der Waals surface area contributed by atoms with Gasteiger partial charge < -0.3 is 5.32 Å². The van der Waals surface area contributed by atoms with Crippen molar-refractivity contribution in [3.63, 3.8) is 0 Å². The molecular weight excluding hydrogens is 298 g/mol. The monoisotopic (exact) mass is 323 g/mol. The van der Waals surface area contributed by atoms with Crippen molar-refractivity contribution >= 4 is 5.91 Å². The second-order valence-corrected chi connectivity index (χ2v) is 7.31. The van der Waals surface area contributed by atoms with Crippen LogP contribution < -0.4 is 5.32 Å². The Hall–Kier alpha value is -2.10. The average molecular weight is 323 g/mol. The number of aromatic nitrogens is 2. The maximum atomic E-state index is 12.8. The van der Waals surface area contributed by atoms with Crippen molar-refractivity contribution in [3.8, 4) is 5.69 Å². The summed E-state index contributed by atoms with van der Waals surface area (Å²) in [5, 5.41) is 7.92. The lowest BCUT2D eigenvalue weighted by Crippen LogP contribution is -2.37. The van der Waals surface area contributed by atoms with Crippen LogP contribution in [-0.4, -0.2) is 21.7 Å². The van der Waals surface area contributed by atoms with Gasteiger partial charge in [-0.15, -0.1) is 0 Å². The molecule has 2 aromatic rings. The first-order chi connectivity index (χ1) is 11.7. The van der Waals surface area contributed by atoms with Gasteiger partial charge in [0.1, 0.15) is 0 Å².